The largest absolute Gasteiger partial charge is 0.360 e. The average Bonchev–Trinajstić information content (AvgIpc) is 2.21. The summed E-state index contributed by atoms with van der Waals surface area (Å²) in [6.45, 7) is 4.74. The van der Waals surface area contributed by atoms with Crippen LogP contribution in [0, 0.1) is 0 Å². The fourth-order valence-electron chi connectivity index (χ4n) is 1.31. The van der Waals surface area contributed by atoms with Crippen LogP contribution in [0.25, 0.3) is 0 Å². The van der Waals surface area contributed by atoms with Crippen LogP contribution in [-0.2, 0) is 4.74 Å². The van der Waals surface area contributed by atoms with Crippen molar-refractivity contribution in [2.45, 2.75) is 26.1 Å². The van der Waals surface area contributed by atoms with Gasteiger partial charge in [0, 0.05) is 32.0 Å². The van der Waals surface area contributed by atoms with Crippen LogP contribution >= 0.6 is 0 Å². The van der Waals surface area contributed by atoms with Gasteiger partial charge in [0.15, 0.2) is 0 Å². The number of ether oxygens (including phenoxy) is 1. The van der Waals surface area contributed by atoms with Crippen LogP contribution in [0.3, 0.4) is 0 Å². The molecule has 0 aliphatic rings. The zero-order valence-electron chi connectivity index (χ0n) is 9.43. The lowest BCUT2D eigenvalue weighted by Crippen LogP contribution is -2.35. The number of methoxy groups -OCH3 is 1. The molecule has 1 heterocycles. The first-order valence-electron chi connectivity index (χ1n) is 5.08. The second-order valence-electron chi connectivity index (χ2n) is 3.70. The summed E-state index contributed by atoms with van der Waals surface area (Å²) in [7, 11) is 1.60. The van der Waals surface area contributed by atoms with Gasteiger partial charge in [0.05, 0.1) is 0 Å². The number of nitrogens with zero attached hydrogens (tertiary/aromatic N) is 1. The molecular formula is C11H18N2O2. The molecule has 0 radical (unpaired) electrons. The summed E-state index contributed by atoms with van der Waals surface area (Å²) in [4.78, 5) is 11.5. The van der Waals surface area contributed by atoms with E-state index in [2.05, 4.69) is 19.2 Å². The maximum absolute atomic E-state index is 11.5. The molecule has 1 atom stereocenters. The molecule has 0 aliphatic carbocycles. The van der Waals surface area contributed by atoms with Gasteiger partial charge in [-0.2, -0.15) is 0 Å². The average molecular weight is 210 g/mol. The smallest absolute Gasteiger partial charge is 0.252 e. The summed E-state index contributed by atoms with van der Waals surface area (Å²) in [6, 6.07) is 5.45. The van der Waals surface area contributed by atoms with E-state index < -0.39 is 0 Å². The molecule has 0 amide bonds. The molecule has 4 nitrogen and oxygen atoms in total. The maximum Gasteiger partial charge on any atom is 0.252 e. The summed E-state index contributed by atoms with van der Waals surface area (Å²) < 4.78 is 6.85. The summed E-state index contributed by atoms with van der Waals surface area (Å²) in [5.41, 5.74) is -0.0464. The molecule has 1 N–H and O–H groups in total. The number of aromatic nitrogens is 1. The van der Waals surface area contributed by atoms with Crippen molar-refractivity contribution in [1.29, 1.82) is 0 Å². The summed E-state index contributed by atoms with van der Waals surface area (Å²) in [5, 5.41) is 3.24. The minimum atomic E-state index is -0.249. The van der Waals surface area contributed by atoms with Crippen LogP contribution in [0.15, 0.2) is 29.2 Å². The van der Waals surface area contributed by atoms with Crippen LogP contribution in [-0.4, -0.2) is 24.3 Å². The monoisotopic (exact) mass is 210 g/mol. The molecule has 84 valence electrons. The van der Waals surface area contributed by atoms with Crippen molar-refractivity contribution in [3.05, 3.63) is 34.7 Å². The van der Waals surface area contributed by atoms with Gasteiger partial charge in [0.25, 0.3) is 5.56 Å². The van der Waals surface area contributed by atoms with E-state index in [1.54, 1.807) is 23.9 Å². The maximum atomic E-state index is 11.5. The van der Waals surface area contributed by atoms with Crippen LogP contribution in [0.1, 0.15) is 20.1 Å². The molecule has 0 saturated heterocycles. The molecule has 1 aromatic heterocycles. The lowest BCUT2D eigenvalue weighted by Gasteiger charge is -2.19. The van der Waals surface area contributed by atoms with Crippen molar-refractivity contribution in [3.8, 4) is 0 Å². The number of hydrogen-bond acceptors (Lipinski definition) is 3. The first-order valence-corrected chi connectivity index (χ1v) is 5.08. The molecule has 1 rings (SSSR count). The first kappa shape index (κ1) is 11.9. The van der Waals surface area contributed by atoms with E-state index >= 15 is 0 Å². The Hall–Kier alpha value is -1.13. The number of hydrogen-bond donors (Lipinski definition) is 1. The Morgan fingerprint density at radius 3 is 2.73 bits per heavy atom. The van der Waals surface area contributed by atoms with Gasteiger partial charge in [-0.15, -0.1) is 0 Å². The molecule has 4 heteroatoms. The molecule has 15 heavy (non-hydrogen) atoms. The Morgan fingerprint density at radius 1 is 1.47 bits per heavy atom. The summed E-state index contributed by atoms with van der Waals surface area (Å²) >= 11 is 0. The van der Waals surface area contributed by atoms with Gasteiger partial charge >= 0.3 is 0 Å². The molecule has 0 fully saturated rings. The Kier molecular flexibility index (Phi) is 4.52. The molecule has 1 aromatic rings. The lowest BCUT2D eigenvalue weighted by atomic mass is 10.3. The van der Waals surface area contributed by atoms with Crippen molar-refractivity contribution < 1.29 is 4.74 Å². The first-order chi connectivity index (χ1) is 7.15. The molecule has 0 bridgehead atoms. The highest BCUT2D eigenvalue weighted by molar-refractivity contribution is 4.94. The Balaban J connectivity index is 2.74. The second-order valence-corrected chi connectivity index (χ2v) is 3.70. The third kappa shape index (κ3) is 3.49. The van der Waals surface area contributed by atoms with Crippen molar-refractivity contribution in [2.75, 3.05) is 13.7 Å². The third-order valence-electron chi connectivity index (χ3n) is 2.13. The highest BCUT2D eigenvalue weighted by Gasteiger charge is 2.10. The van der Waals surface area contributed by atoms with E-state index in [9.17, 15) is 4.79 Å². The normalized spacial score (nSPS) is 13.1. The van der Waals surface area contributed by atoms with Gasteiger partial charge in [0.1, 0.15) is 6.23 Å². The van der Waals surface area contributed by atoms with E-state index in [4.69, 9.17) is 4.74 Å². The van der Waals surface area contributed by atoms with Gasteiger partial charge in [-0.1, -0.05) is 19.9 Å². The van der Waals surface area contributed by atoms with Gasteiger partial charge < -0.3 is 10.1 Å². The highest BCUT2D eigenvalue weighted by atomic mass is 16.5. The van der Waals surface area contributed by atoms with Gasteiger partial charge in [-0.3, -0.25) is 9.36 Å². The Bertz CT molecular complexity index is 346. The minimum absolute atomic E-state index is 0.0464. The molecular weight excluding hydrogens is 192 g/mol. The molecule has 0 spiro atoms. The molecule has 0 aromatic carbocycles. The van der Waals surface area contributed by atoms with Crippen LogP contribution in [0.2, 0.25) is 0 Å². The fourth-order valence-corrected chi connectivity index (χ4v) is 1.31. The molecule has 0 aliphatic heterocycles. The third-order valence-corrected chi connectivity index (χ3v) is 2.13. The van der Waals surface area contributed by atoms with Gasteiger partial charge in [0.2, 0.25) is 0 Å². The quantitative estimate of drug-likeness (QED) is 0.788. The number of rotatable bonds is 5. The summed E-state index contributed by atoms with van der Waals surface area (Å²) in [5.74, 6) is 0. The lowest BCUT2D eigenvalue weighted by molar-refractivity contribution is 0.0399. The Morgan fingerprint density at radius 2 is 2.20 bits per heavy atom. The highest BCUT2D eigenvalue weighted by Crippen LogP contribution is 2.02. The zero-order valence-corrected chi connectivity index (χ0v) is 9.43. The summed E-state index contributed by atoms with van der Waals surface area (Å²) in [6.07, 6.45) is 1.49. The van der Waals surface area contributed by atoms with Crippen LogP contribution < -0.4 is 10.9 Å². The van der Waals surface area contributed by atoms with E-state index in [-0.39, 0.29) is 11.8 Å². The van der Waals surface area contributed by atoms with Crippen LogP contribution in [0.4, 0.5) is 0 Å². The van der Waals surface area contributed by atoms with Crippen LogP contribution in [0.5, 0.6) is 0 Å². The van der Waals surface area contributed by atoms with E-state index in [0.29, 0.717) is 12.6 Å². The van der Waals surface area contributed by atoms with Gasteiger partial charge in [-0.25, -0.2) is 0 Å². The molecule has 0 saturated carbocycles. The predicted molar refractivity (Wildman–Crippen MR) is 59.9 cm³/mol. The number of nitrogens with one attached hydrogen (secondary N) is 1. The van der Waals surface area contributed by atoms with Gasteiger partial charge in [-0.05, 0) is 6.07 Å². The topological polar surface area (TPSA) is 43.3 Å². The Labute approximate surface area is 89.9 Å². The standard InChI is InChI=1S/C11H18N2O2/c1-9(2)12-8-11(15-3)13-7-5-4-6-10(13)14/h4-7,9,11-12H,8H2,1-3H3. The van der Waals surface area contributed by atoms with Crippen molar-refractivity contribution in [3.63, 3.8) is 0 Å². The zero-order chi connectivity index (χ0) is 11.3. The van der Waals surface area contributed by atoms with E-state index in [1.165, 1.54) is 6.07 Å². The SMILES string of the molecule is COC(CNC(C)C)n1ccccc1=O. The molecule has 1 unspecified atom stereocenters. The van der Waals surface area contributed by atoms with E-state index in [0.717, 1.165) is 0 Å². The number of pyridine rings is 1. The van der Waals surface area contributed by atoms with Crippen molar-refractivity contribution in [2.24, 2.45) is 0 Å². The second kappa shape index (κ2) is 5.68. The van der Waals surface area contributed by atoms with Crippen molar-refractivity contribution in [1.82, 2.24) is 9.88 Å². The predicted octanol–water partition coefficient (Wildman–Crippen LogP) is 0.991. The minimum Gasteiger partial charge on any atom is -0.360 e. The fraction of sp³-hybridized carbons (Fsp3) is 0.545. The van der Waals surface area contributed by atoms with Crippen molar-refractivity contribution >= 4 is 0 Å². The van der Waals surface area contributed by atoms with E-state index in [1.807, 2.05) is 6.07 Å².